The van der Waals surface area contributed by atoms with Crippen molar-refractivity contribution >= 4 is 5.91 Å². The molecule has 2 heterocycles. The van der Waals surface area contributed by atoms with Gasteiger partial charge in [0.05, 0.1) is 18.0 Å². The second-order valence-electron chi connectivity index (χ2n) is 5.06. The molecule has 0 aliphatic heterocycles. The van der Waals surface area contributed by atoms with Crippen molar-refractivity contribution in [3.63, 3.8) is 0 Å². The third-order valence-corrected chi connectivity index (χ3v) is 3.48. The lowest BCUT2D eigenvalue weighted by molar-refractivity contribution is 0.0939. The summed E-state index contributed by atoms with van der Waals surface area (Å²) in [6.45, 7) is 3.67. The van der Waals surface area contributed by atoms with E-state index >= 15 is 0 Å². The van der Waals surface area contributed by atoms with Crippen LogP contribution in [0.5, 0.6) is 0 Å². The number of carbonyl (C=O) groups excluding carboxylic acids is 1. The topological polar surface area (TPSA) is 68.3 Å². The first-order chi connectivity index (χ1) is 10.7. The van der Waals surface area contributed by atoms with E-state index in [9.17, 15) is 4.79 Å². The molecular formula is C17H16N2O3. The molecule has 1 atom stereocenters. The van der Waals surface area contributed by atoms with E-state index in [-0.39, 0.29) is 11.9 Å². The van der Waals surface area contributed by atoms with Crippen LogP contribution in [-0.2, 0) is 0 Å². The molecule has 0 bridgehead atoms. The number of aromatic nitrogens is 1. The first-order valence-corrected chi connectivity index (χ1v) is 7.02. The van der Waals surface area contributed by atoms with Gasteiger partial charge >= 0.3 is 0 Å². The number of benzene rings is 1. The fraction of sp³-hybridized carbons (Fsp3) is 0.176. The lowest BCUT2D eigenvalue weighted by Crippen LogP contribution is -2.27. The number of aryl methyl sites for hydroxylation is 1. The van der Waals surface area contributed by atoms with Gasteiger partial charge in [0.1, 0.15) is 5.56 Å². The molecule has 112 valence electrons. The van der Waals surface area contributed by atoms with Gasteiger partial charge in [0.25, 0.3) is 5.91 Å². The summed E-state index contributed by atoms with van der Waals surface area (Å²) in [7, 11) is 0. The molecule has 2 aromatic heterocycles. The smallest absolute Gasteiger partial charge is 0.257 e. The van der Waals surface area contributed by atoms with Gasteiger partial charge in [-0.05, 0) is 31.5 Å². The van der Waals surface area contributed by atoms with Crippen molar-refractivity contribution in [2.24, 2.45) is 0 Å². The maximum atomic E-state index is 12.6. The molecule has 0 spiro atoms. The molecule has 0 saturated carbocycles. The fourth-order valence-corrected chi connectivity index (χ4v) is 2.31. The van der Waals surface area contributed by atoms with Crippen molar-refractivity contribution in [3.8, 4) is 11.5 Å². The van der Waals surface area contributed by atoms with Crippen molar-refractivity contribution in [3.05, 3.63) is 65.5 Å². The van der Waals surface area contributed by atoms with Crippen LogP contribution in [-0.4, -0.2) is 11.1 Å². The summed E-state index contributed by atoms with van der Waals surface area (Å²) in [6, 6.07) is 13.1. The minimum atomic E-state index is -0.235. The van der Waals surface area contributed by atoms with E-state index < -0.39 is 0 Å². The molecule has 22 heavy (non-hydrogen) atoms. The maximum absolute atomic E-state index is 12.6. The van der Waals surface area contributed by atoms with Crippen LogP contribution in [0.2, 0.25) is 0 Å². The van der Waals surface area contributed by atoms with Crippen LogP contribution in [0.3, 0.4) is 0 Å². The van der Waals surface area contributed by atoms with Crippen LogP contribution in [0.4, 0.5) is 0 Å². The number of hydrogen-bond donors (Lipinski definition) is 1. The Kier molecular flexibility index (Phi) is 3.78. The van der Waals surface area contributed by atoms with Gasteiger partial charge in [0.2, 0.25) is 5.76 Å². The molecule has 3 rings (SSSR count). The van der Waals surface area contributed by atoms with Gasteiger partial charge in [-0.2, -0.15) is 0 Å². The molecule has 0 unspecified atom stereocenters. The molecule has 0 saturated heterocycles. The minimum Gasteiger partial charge on any atom is -0.461 e. The average molecular weight is 296 g/mol. The highest BCUT2D eigenvalue weighted by Gasteiger charge is 2.24. The molecule has 1 amide bonds. The Morgan fingerprint density at radius 1 is 1.18 bits per heavy atom. The zero-order valence-electron chi connectivity index (χ0n) is 12.4. The normalized spacial score (nSPS) is 12.1. The van der Waals surface area contributed by atoms with Crippen molar-refractivity contribution in [1.82, 2.24) is 10.5 Å². The van der Waals surface area contributed by atoms with Gasteiger partial charge in [-0.25, -0.2) is 0 Å². The number of nitrogens with zero attached hydrogens (tertiary/aromatic N) is 1. The number of carbonyl (C=O) groups is 1. The van der Waals surface area contributed by atoms with E-state index in [0.717, 1.165) is 5.56 Å². The molecular weight excluding hydrogens is 280 g/mol. The highest BCUT2D eigenvalue weighted by Crippen LogP contribution is 2.27. The van der Waals surface area contributed by atoms with E-state index in [1.807, 2.05) is 37.3 Å². The highest BCUT2D eigenvalue weighted by atomic mass is 16.5. The van der Waals surface area contributed by atoms with Gasteiger partial charge in [0, 0.05) is 0 Å². The van der Waals surface area contributed by atoms with Gasteiger partial charge in [-0.1, -0.05) is 35.5 Å². The second-order valence-corrected chi connectivity index (χ2v) is 5.06. The summed E-state index contributed by atoms with van der Waals surface area (Å²) in [4.78, 5) is 12.6. The maximum Gasteiger partial charge on any atom is 0.257 e. The van der Waals surface area contributed by atoms with E-state index in [1.54, 1.807) is 19.1 Å². The van der Waals surface area contributed by atoms with Crippen molar-refractivity contribution in [1.29, 1.82) is 0 Å². The molecule has 1 aromatic carbocycles. The molecule has 5 heteroatoms. The second kappa shape index (κ2) is 5.89. The first-order valence-electron chi connectivity index (χ1n) is 7.02. The van der Waals surface area contributed by atoms with E-state index in [0.29, 0.717) is 22.8 Å². The summed E-state index contributed by atoms with van der Waals surface area (Å²) in [5.41, 5.74) is 1.96. The zero-order chi connectivity index (χ0) is 15.5. The highest BCUT2D eigenvalue weighted by molar-refractivity contribution is 6.00. The number of hydrogen-bond acceptors (Lipinski definition) is 4. The van der Waals surface area contributed by atoms with Gasteiger partial charge < -0.3 is 14.3 Å². The molecule has 0 aliphatic carbocycles. The third kappa shape index (κ3) is 2.65. The molecule has 0 fully saturated rings. The Hall–Kier alpha value is -2.82. The Morgan fingerprint density at radius 3 is 2.64 bits per heavy atom. The lowest BCUT2D eigenvalue weighted by atomic mass is 10.1. The molecule has 3 aromatic rings. The average Bonchev–Trinajstić information content (AvgIpc) is 3.17. The van der Waals surface area contributed by atoms with E-state index in [4.69, 9.17) is 8.94 Å². The number of rotatable bonds is 4. The van der Waals surface area contributed by atoms with Crippen molar-refractivity contribution in [2.75, 3.05) is 0 Å². The molecule has 1 N–H and O–H groups in total. The van der Waals surface area contributed by atoms with Gasteiger partial charge in [-0.15, -0.1) is 0 Å². The first kappa shape index (κ1) is 14.1. The summed E-state index contributed by atoms with van der Waals surface area (Å²) in [5.74, 6) is 0.597. The Bertz CT molecular complexity index is 761. The predicted octanol–water partition coefficient (Wildman–Crippen LogP) is 3.73. The number of furan rings is 1. The van der Waals surface area contributed by atoms with Crippen LogP contribution >= 0.6 is 0 Å². The fourth-order valence-electron chi connectivity index (χ4n) is 2.31. The monoisotopic (exact) mass is 296 g/mol. The largest absolute Gasteiger partial charge is 0.461 e. The number of amides is 1. The molecule has 5 nitrogen and oxygen atoms in total. The summed E-state index contributed by atoms with van der Waals surface area (Å²) >= 11 is 0. The number of nitrogens with one attached hydrogen (secondary N) is 1. The SMILES string of the molecule is Cc1noc(-c2ccco2)c1C(=O)N[C@@H](C)c1ccccc1. The van der Waals surface area contributed by atoms with Gasteiger partial charge in [-0.3, -0.25) is 4.79 Å². The Balaban J connectivity index is 1.86. The Labute approximate surface area is 127 Å². The van der Waals surface area contributed by atoms with Crippen molar-refractivity contribution in [2.45, 2.75) is 19.9 Å². The van der Waals surface area contributed by atoms with E-state index in [2.05, 4.69) is 10.5 Å². The third-order valence-electron chi connectivity index (χ3n) is 3.48. The van der Waals surface area contributed by atoms with Crippen LogP contribution in [0.15, 0.2) is 57.7 Å². The van der Waals surface area contributed by atoms with Crippen LogP contribution < -0.4 is 5.32 Å². The predicted molar refractivity (Wildman–Crippen MR) is 81.3 cm³/mol. The quantitative estimate of drug-likeness (QED) is 0.796. The summed E-state index contributed by atoms with van der Waals surface area (Å²) in [6.07, 6.45) is 1.53. The van der Waals surface area contributed by atoms with Crippen LogP contribution in [0.25, 0.3) is 11.5 Å². The van der Waals surface area contributed by atoms with E-state index in [1.165, 1.54) is 6.26 Å². The lowest BCUT2D eigenvalue weighted by Gasteiger charge is -2.14. The van der Waals surface area contributed by atoms with Crippen LogP contribution in [0, 0.1) is 6.92 Å². The van der Waals surface area contributed by atoms with Crippen LogP contribution in [0.1, 0.15) is 34.6 Å². The molecule has 0 radical (unpaired) electrons. The standard InChI is InChI=1S/C17H16N2O3/c1-11(13-7-4-3-5-8-13)18-17(20)15-12(2)19-22-16(15)14-9-6-10-21-14/h3-11H,1-2H3,(H,18,20)/t11-/m0/s1. The summed E-state index contributed by atoms with van der Waals surface area (Å²) in [5, 5.41) is 6.84. The van der Waals surface area contributed by atoms with Gasteiger partial charge in [0.15, 0.2) is 5.76 Å². The molecule has 0 aliphatic rings. The zero-order valence-corrected chi connectivity index (χ0v) is 12.4. The summed E-state index contributed by atoms with van der Waals surface area (Å²) < 4.78 is 10.5. The minimum absolute atomic E-state index is 0.118. The Morgan fingerprint density at radius 2 is 1.95 bits per heavy atom. The van der Waals surface area contributed by atoms with Crippen molar-refractivity contribution < 1.29 is 13.7 Å².